The molecule has 1 aliphatic carbocycles. The number of rotatable bonds is 3. The summed E-state index contributed by atoms with van der Waals surface area (Å²) in [6, 6.07) is 7.56. The molecule has 4 nitrogen and oxygen atoms in total. The zero-order valence-corrected chi connectivity index (χ0v) is 12.0. The largest absolute Gasteiger partial charge is 0.486 e. The maximum Gasteiger partial charge on any atom is 0.161 e. The molecule has 1 atom stereocenters. The monoisotopic (exact) mass is 285 g/mol. The van der Waals surface area contributed by atoms with Crippen LogP contribution in [0.5, 0.6) is 11.5 Å². The Kier molecular flexibility index (Phi) is 4.10. The topological polar surface area (TPSA) is 59.3 Å². The van der Waals surface area contributed by atoms with Gasteiger partial charge >= 0.3 is 0 Å². The fourth-order valence-electron chi connectivity index (χ4n) is 3.16. The number of ether oxygens (including phenoxy) is 2. The molecule has 1 aromatic rings. The SMILES string of the molecule is N#CC(C(=O)C1CCCCC1)c1ccc2c(c1)OCCO2. The highest BCUT2D eigenvalue weighted by molar-refractivity contribution is 5.90. The van der Waals surface area contributed by atoms with Gasteiger partial charge in [-0.1, -0.05) is 25.3 Å². The van der Waals surface area contributed by atoms with E-state index in [1.807, 2.05) is 6.07 Å². The van der Waals surface area contributed by atoms with Gasteiger partial charge in [-0.2, -0.15) is 5.26 Å². The lowest BCUT2D eigenvalue weighted by atomic mass is 9.80. The second kappa shape index (κ2) is 6.17. The minimum absolute atomic E-state index is 0.0385. The number of carbonyl (C=O) groups is 1. The van der Waals surface area contributed by atoms with Crippen LogP contribution >= 0.6 is 0 Å². The zero-order chi connectivity index (χ0) is 14.7. The molecule has 0 amide bonds. The first-order valence-electron chi connectivity index (χ1n) is 7.62. The Morgan fingerprint density at radius 3 is 2.57 bits per heavy atom. The predicted molar refractivity (Wildman–Crippen MR) is 77.4 cm³/mol. The van der Waals surface area contributed by atoms with Gasteiger partial charge in [-0.3, -0.25) is 4.79 Å². The van der Waals surface area contributed by atoms with Gasteiger partial charge in [-0.25, -0.2) is 0 Å². The van der Waals surface area contributed by atoms with Gasteiger partial charge in [0.1, 0.15) is 19.1 Å². The van der Waals surface area contributed by atoms with Crippen molar-refractivity contribution in [2.24, 2.45) is 5.92 Å². The van der Waals surface area contributed by atoms with Gasteiger partial charge < -0.3 is 9.47 Å². The van der Waals surface area contributed by atoms with E-state index in [1.54, 1.807) is 12.1 Å². The number of ketones is 1. The summed E-state index contributed by atoms with van der Waals surface area (Å²) in [7, 11) is 0. The van der Waals surface area contributed by atoms with Crippen molar-refractivity contribution in [3.63, 3.8) is 0 Å². The summed E-state index contributed by atoms with van der Waals surface area (Å²) in [6.45, 7) is 1.04. The average Bonchev–Trinajstić information content (AvgIpc) is 2.56. The summed E-state index contributed by atoms with van der Waals surface area (Å²) in [4.78, 5) is 12.6. The smallest absolute Gasteiger partial charge is 0.161 e. The Balaban J connectivity index is 1.82. The van der Waals surface area contributed by atoms with Gasteiger partial charge in [0.2, 0.25) is 0 Å². The first kappa shape index (κ1) is 13.9. The molecular weight excluding hydrogens is 266 g/mol. The van der Waals surface area contributed by atoms with Gasteiger partial charge in [0.25, 0.3) is 0 Å². The van der Waals surface area contributed by atoms with Crippen molar-refractivity contribution in [1.29, 1.82) is 5.26 Å². The summed E-state index contributed by atoms with van der Waals surface area (Å²) < 4.78 is 11.0. The van der Waals surface area contributed by atoms with Crippen LogP contribution in [-0.2, 0) is 4.79 Å². The molecule has 1 heterocycles. The van der Waals surface area contributed by atoms with Crippen molar-refractivity contribution in [3.05, 3.63) is 23.8 Å². The van der Waals surface area contributed by atoms with Gasteiger partial charge in [0.15, 0.2) is 17.3 Å². The molecule has 1 unspecified atom stereocenters. The van der Waals surface area contributed by atoms with E-state index in [1.165, 1.54) is 6.42 Å². The van der Waals surface area contributed by atoms with Gasteiger partial charge in [-0.15, -0.1) is 0 Å². The van der Waals surface area contributed by atoms with Crippen LogP contribution < -0.4 is 9.47 Å². The summed E-state index contributed by atoms with van der Waals surface area (Å²) in [6.07, 6.45) is 5.22. The van der Waals surface area contributed by atoms with Crippen LogP contribution in [0, 0.1) is 17.2 Å². The maximum absolute atomic E-state index is 12.6. The number of hydrogen-bond acceptors (Lipinski definition) is 4. The van der Waals surface area contributed by atoms with E-state index in [4.69, 9.17) is 9.47 Å². The molecule has 0 bridgehead atoms. The van der Waals surface area contributed by atoms with Crippen molar-refractivity contribution >= 4 is 5.78 Å². The molecule has 1 saturated carbocycles. The summed E-state index contributed by atoms with van der Waals surface area (Å²) >= 11 is 0. The van der Waals surface area contributed by atoms with Gasteiger partial charge in [0, 0.05) is 5.92 Å². The molecule has 0 N–H and O–H groups in total. The number of benzene rings is 1. The molecule has 1 fully saturated rings. The Bertz CT molecular complexity index is 570. The number of nitriles is 1. The second-order valence-corrected chi connectivity index (χ2v) is 5.70. The lowest BCUT2D eigenvalue weighted by Gasteiger charge is -2.23. The number of carbonyl (C=O) groups excluding carboxylic acids is 1. The van der Waals surface area contributed by atoms with E-state index in [0.717, 1.165) is 31.2 Å². The molecule has 3 rings (SSSR count). The van der Waals surface area contributed by atoms with Crippen molar-refractivity contribution in [2.45, 2.75) is 38.0 Å². The van der Waals surface area contributed by atoms with E-state index in [0.29, 0.717) is 24.7 Å². The molecule has 0 aromatic heterocycles. The predicted octanol–water partition coefficient (Wildman–Crippen LogP) is 3.21. The van der Waals surface area contributed by atoms with Gasteiger partial charge in [-0.05, 0) is 30.5 Å². The van der Waals surface area contributed by atoms with Gasteiger partial charge in [0.05, 0.1) is 6.07 Å². The minimum atomic E-state index is -0.691. The molecule has 21 heavy (non-hydrogen) atoms. The fourth-order valence-corrected chi connectivity index (χ4v) is 3.16. The number of fused-ring (bicyclic) bond motifs is 1. The van der Waals surface area contributed by atoms with Crippen LogP contribution in [0.4, 0.5) is 0 Å². The third kappa shape index (κ3) is 2.87. The fraction of sp³-hybridized carbons (Fsp3) is 0.529. The van der Waals surface area contributed by atoms with Crippen molar-refractivity contribution in [3.8, 4) is 17.6 Å². The van der Waals surface area contributed by atoms with E-state index < -0.39 is 5.92 Å². The summed E-state index contributed by atoms with van der Waals surface area (Å²) in [5.74, 6) is 0.733. The third-order valence-corrected chi connectivity index (χ3v) is 4.32. The highest BCUT2D eigenvalue weighted by Crippen LogP contribution is 2.35. The van der Waals surface area contributed by atoms with E-state index >= 15 is 0 Å². The molecule has 0 spiro atoms. The molecule has 110 valence electrons. The van der Waals surface area contributed by atoms with Crippen LogP contribution in [0.25, 0.3) is 0 Å². The average molecular weight is 285 g/mol. The number of Topliss-reactive ketones (excluding diaryl/α,β-unsaturated/α-hetero) is 1. The van der Waals surface area contributed by atoms with Crippen LogP contribution in [0.1, 0.15) is 43.6 Å². The molecule has 4 heteroatoms. The molecule has 2 aliphatic rings. The minimum Gasteiger partial charge on any atom is -0.486 e. The lowest BCUT2D eigenvalue weighted by molar-refractivity contribution is -0.124. The molecule has 0 saturated heterocycles. The third-order valence-electron chi connectivity index (χ3n) is 4.32. The van der Waals surface area contributed by atoms with E-state index in [9.17, 15) is 10.1 Å². The molecule has 1 aliphatic heterocycles. The normalized spacial score (nSPS) is 19.6. The maximum atomic E-state index is 12.6. The van der Waals surface area contributed by atoms with E-state index in [-0.39, 0.29) is 11.7 Å². The number of nitrogens with zero attached hydrogens (tertiary/aromatic N) is 1. The van der Waals surface area contributed by atoms with Crippen molar-refractivity contribution < 1.29 is 14.3 Å². The van der Waals surface area contributed by atoms with Crippen LogP contribution in [0.2, 0.25) is 0 Å². The standard InChI is InChI=1S/C17H19NO3/c18-11-14(17(19)12-4-2-1-3-5-12)13-6-7-15-16(10-13)21-9-8-20-15/h6-7,10,12,14H,1-5,8-9H2. The summed E-state index contributed by atoms with van der Waals surface area (Å²) in [5, 5.41) is 9.44. The van der Waals surface area contributed by atoms with Crippen molar-refractivity contribution in [1.82, 2.24) is 0 Å². The molecular formula is C17H19NO3. The molecule has 1 aromatic carbocycles. The van der Waals surface area contributed by atoms with Crippen molar-refractivity contribution in [2.75, 3.05) is 13.2 Å². The zero-order valence-electron chi connectivity index (χ0n) is 12.0. The Labute approximate surface area is 124 Å². The first-order valence-corrected chi connectivity index (χ1v) is 7.62. The van der Waals surface area contributed by atoms with E-state index in [2.05, 4.69) is 6.07 Å². The second-order valence-electron chi connectivity index (χ2n) is 5.70. The lowest BCUT2D eigenvalue weighted by Crippen LogP contribution is -2.24. The molecule has 0 radical (unpaired) electrons. The first-order chi connectivity index (χ1) is 10.3. The quantitative estimate of drug-likeness (QED) is 0.855. The number of hydrogen-bond donors (Lipinski definition) is 0. The van der Waals surface area contributed by atoms with Crippen LogP contribution in [-0.4, -0.2) is 19.0 Å². The Hall–Kier alpha value is -2.02. The van der Waals surface area contributed by atoms with Crippen LogP contribution in [0.15, 0.2) is 18.2 Å². The Morgan fingerprint density at radius 1 is 1.14 bits per heavy atom. The summed E-state index contributed by atoms with van der Waals surface area (Å²) in [5.41, 5.74) is 0.720. The van der Waals surface area contributed by atoms with Crippen LogP contribution in [0.3, 0.4) is 0 Å². The Morgan fingerprint density at radius 2 is 1.86 bits per heavy atom. The highest BCUT2D eigenvalue weighted by Gasteiger charge is 2.30. The highest BCUT2D eigenvalue weighted by atomic mass is 16.6.